The summed E-state index contributed by atoms with van der Waals surface area (Å²) >= 11 is 0. The Morgan fingerprint density at radius 3 is 2.40 bits per heavy atom. The average molecular weight is 295 g/mol. The molecule has 0 fully saturated rings. The predicted molar refractivity (Wildman–Crippen MR) is 86.8 cm³/mol. The van der Waals surface area contributed by atoms with E-state index in [1.54, 1.807) is 7.11 Å². The van der Waals surface area contributed by atoms with Gasteiger partial charge in [-0.2, -0.15) is 0 Å². The fourth-order valence-corrected chi connectivity index (χ4v) is 2.52. The number of hydrogen-bond acceptors (Lipinski definition) is 3. The third-order valence-corrected chi connectivity index (χ3v) is 3.41. The van der Waals surface area contributed by atoms with E-state index >= 15 is 0 Å². The summed E-state index contributed by atoms with van der Waals surface area (Å²) in [4.78, 5) is 4.45. The summed E-state index contributed by atoms with van der Waals surface area (Å²) in [6, 6.07) is 8.60. The Hall–Kier alpha value is -1.32. The molecule has 0 aliphatic rings. The molecule has 1 atom stereocenters. The summed E-state index contributed by atoms with van der Waals surface area (Å²) in [6.45, 7) is 7.54. The Kier molecular flexibility index (Phi) is 6.24. The van der Waals surface area contributed by atoms with E-state index in [4.69, 9.17) is 4.74 Å². The van der Waals surface area contributed by atoms with Crippen LogP contribution in [-0.2, 0) is 0 Å². The van der Waals surface area contributed by atoms with Crippen molar-refractivity contribution in [3.05, 3.63) is 36.0 Å². The van der Waals surface area contributed by atoms with Gasteiger partial charge in [-0.1, -0.05) is 39.0 Å². The van der Waals surface area contributed by atoms with Crippen molar-refractivity contribution in [2.75, 3.05) is 13.7 Å². The lowest BCUT2D eigenvalue weighted by Gasteiger charge is -2.23. The van der Waals surface area contributed by atoms with E-state index in [1.165, 1.54) is 10.9 Å². The average Bonchev–Trinajstić information content (AvgIpc) is 2.43. The van der Waals surface area contributed by atoms with Crippen LogP contribution in [0.15, 0.2) is 30.5 Å². The summed E-state index contributed by atoms with van der Waals surface area (Å²) in [5.74, 6) is 1.21. The lowest BCUT2D eigenvalue weighted by Crippen LogP contribution is -2.25. The lowest BCUT2D eigenvalue weighted by atomic mass is 9.93. The highest BCUT2D eigenvalue weighted by Crippen LogP contribution is 2.32. The number of ether oxygens (including phenoxy) is 1. The topological polar surface area (TPSA) is 34.2 Å². The van der Waals surface area contributed by atoms with Gasteiger partial charge in [-0.3, -0.25) is 0 Å². The Bertz CT molecular complexity index is 557. The third-order valence-electron chi connectivity index (χ3n) is 3.41. The van der Waals surface area contributed by atoms with Gasteiger partial charge in [0, 0.05) is 17.6 Å². The highest BCUT2D eigenvalue weighted by molar-refractivity contribution is 5.89. The number of halogens is 1. The maximum absolute atomic E-state index is 5.35. The number of nitrogens with zero attached hydrogens (tertiary/aromatic N) is 1. The van der Waals surface area contributed by atoms with Gasteiger partial charge in [-0.15, -0.1) is 12.4 Å². The summed E-state index contributed by atoms with van der Waals surface area (Å²) in [7, 11) is 1.67. The van der Waals surface area contributed by atoms with Crippen LogP contribution in [0.25, 0.3) is 10.8 Å². The molecule has 2 aromatic rings. The van der Waals surface area contributed by atoms with Crippen molar-refractivity contribution in [3.8, 4) is 5.88 Å². The normalized spacial score (nSPS) is 12.2. The molecule has 1 aromatic heterocycles. The number of methoxy groups -OCH3 is 1. The number of pyridine rings is 1. The predicted octanol–water partition coefficient (Wildman–Crippen LogP) is 3.97. The standard InChI is InChI=1S/C16H22N2O.ClH/c1-5-17-15(11(2)3)14-10-18-16(19-4)13-9-7-6-8-12(13)14;/h6-11,15,17H,5H2,1-4H3;1H. The van der Waals surface area contributed by atoms with Crippen LogP contribution in [0.1, 0.15) is 32.4 Å². The van der Waals surface area contributed by atoms with Crippen LogP contribution in [0.5, 0.6) is 5.88 Å². The molecular weight excluding hydrogens is 272 g/mol. The first-order valence-corrected chi connectivity index (χ1v) is 6.84. The van der Waals surface area contributed by atoms with E-state index in [0.29, 0.717) is 17.8 Å². The molecule has 0 bridgehead atoms. The first-order valence-electron chi connectivity index (χ1n) is 6.84. The molecule has 3 nitrogen and oxygen atoms in total. The molecular formula is C16H23ClN2O. The fraction of sp³-hybridized carbons (Fsp3) is 0.438. The van der Waals surface area contributed by atoms with Gasteiger partial charge in [-0.05, 0) is 29.5 Å². The second-order valence-corrected chi connectivity index (χ2v) is 5.05. The van der Waals surface area contributed by atoms with E-state index in [0.717, 1.165) is 11.9 Å². The van der Waals surface area contributed by atoms with E-state index in [2.05, 4.69) is 49.3 Å². The van der Waals surface area contributed by atoms with Crippen LogP contribution in [0.4, 0.5) is 0 Å². The van der Waals surface area contributed by atoms with Crippen LogP contribution in [-0.4, -0.2) is 18.6 Å². The van der Waals surface area contributed by atoms with Crippen molar-refractivity contribution in [2.24, 2.45) is 5.92 Å². The van der Waals surface area contributed by atoms with Crippen molar-refractivity contribution in [1.29, 1.82) is 0 Å². The van der Waals surface area contributed by atoms with Crippen molar-refractivity contribution in [3.63, 3.8) is 0 Å². The molecule has 0 aliphatic carbocycles. The molecule has 1 heterocycles. The molecule has 2 rings (SSSR count). The van der Waals surface area contributed by atoms with Gasteiger partial charge in [0.1, 0.15) is 0 Å². The lowest BCUT2D eigenvalue weighted by molar-refractivity contribution is 0.399. The van der Waals surface area contributed by atoms with Crippen molar-refractivity contribution >= 4 is 23.2 Å². The molecule has 0 amide bonds. The largest absolute Gasteiger partial charge is 0.481 e. The molecule has 0 aliphatic heterocycles. The monoisotopic (exact) mass is 294 g/mol. The van der Waals surface area contributed by atoms with E-state index in [1.807, 2.05) is 12.3 Å². The van der Waals surface area contributed by atoms with E-state index in [9.17, 15) is 0 Å². The first-order chi connectivity index (χ1) is 9.19. The fourth-order valence-electron chi connectivity index (χ4n) is 2.52. The molecule has 0 saturated heterocycles. The van der Waals surface area contributed by atoms with Crippen LogP contribution < -0.4 is 10.1 Å². The number of hydrogen-bond donors (Lipinski definition) is 1. The van der Waals surface area contributed by atoms with Crippen LogP contribution >= 0.6 is 12.4 Å². The zero-order valence-electron chi connectivity index (χ0n) is 12.5. The van der Waals surface area contributed by atoms with Crippen LogP contribution in [0, 0.1) is 5.92 Å². The number of nitrogens with one attached hydrogen (secondary N) is 1. The van der Waals surface area contributed by atoms with E-state index < -0.39 is 0 Å². The molecule has 0 saturated carbocycles. The van der Waals surface area contributed by atoms with Gasteiger partial charge < -0.3 is 10.1 Å². The molecule has 1 unspecified atom stereocenters. The van der Waals surface area contributed by atoms with Gasteiger partial charge in [0.15, 0.2) is 0 Å². The van der Waals surface area contributed by atoms with Crippen molar-refractivity contribution in [1.82, 2.24) is 10.3 Å². The van der Waals surface area contributed by atoms with Gasteiger partial charge >= 0.3 is 0 Å². The van der Waals surface area contributed by atoms with E-state index in [-0.39, 0.29) is 12.4 Å². The molecule has 4 heteroatoms. The van der Waals surface area contributed by atoms with Gasteiger partial charge in [0.05, 0.1) is 7.11 Å². The Morgan fingerprint density at radius 2 is 1.85 bits per heavy atom. The van der Waals surface area contributed by atoms with Gasteiger partial charge in [0.2, 0.25) is 5.88 Å². The molecule has 0 spiro atoms. The quantitative estimate of drug-likeness (QED) is 0.906. The first kappa shape index (κ1) is 16.7. The molecule has 1 N–H and O–H groups in total. The third kappa shape index (κ3) is 3.22. The summed E-state index contributed by atoms with van der Waals surface area (Å²) in [5.41, 5.74) is 1.24. The smallest absolute Gasteiger partial charge is 0.221 e. The summed E-state index contributed by atoms with van der Waals surface area (Å²) in [6.07, 6.45) is 1.94. The Balaban J connectivity index is 0.00000200. The summed E-state index contributed by atoms with van der Waals surface area (Å²) in [5, 5.41) is 5.84. The minimum Gasteiger partial charge on any atom is -0.481 e. The maximum Gasteiger partial charge on any atom is 0.221 e. The van der Waals surface area contributed by atoms with Gasteiger partial charge in [-0.25, -0.2) is 4.98 Å². The number of rotatable bonds is 5. The Labute approximate surface area is 127 Å². The minimum absolute atomic E-state index is 0. The van der Waals surface area contributed by atoms with Crippen molar-refractivity contribution in [2.45, 2.75) is 26.8 Å². The van der Waals surface area contributed by atoms with Crippen LogP contribution in [0.3, 0.4) is 0 Å². The molecule has 1 aromatic carbocycles. The van der Waals surface area contributed by atoms with Crippen molar-refractivity contribution < 1.29 is 4.74 Å². The van der Waals surface area contributed by atoms with Gasteiger partial charge in [0.25, 0.3) is 0 Å². The zero-order valence-corrected chi connectivity index (χ0v) is 13.3. The molecule has 20 heavy (non-hydrogen) atoms. The molecule has 110 valence electrons. The summed E-state index contributed by atoms with van der Waals surface area (Å²) < 4.78 is 5.35. The van der Waals surface area contributed by atoms with Crippen LogP contribution in [0.2, 0.25) is 0 Å². The Morgan fingerprint density at radius 1 is 1.20 bits per heavy atom. The zero-order chi connectivity index (χ0) is 13.8. The highest BCUT2D eigenvalue weighted by atomic mass is 35.5. The minimum atomic E-state index is 0. The number of benzene rings is 1. The number of aromatic nitrogens is 1. The SMILES string of the molecule is CCNC(c1cnc(OC)c2ccccc12)C(C)C.Cl. The second-order valence-electron chi connectivity index (χ2n) is 5.05. The highest BCUT2D eigenvalue weighted by Gasteiger charge is 2.18. The molecule has 0 radical (unpaired) electrons. The number of fused-ring (bicyclic) bond motifs is 1. The second kappa shape index (κ2) is 7.46. The maximum atomic E-state index is 5.35.